The molecule has 4 atom stereocenters. The van der Waals surface area contributed by atoms with Crippen molar-refractivity contribution < 1.29 is 19.1 Å². The summed E-state index contributed by atoms with van der Waals surface area (Å²) in [5, 5.41) is 2.73. The van der Waals surface area contributed by atoms with Crippen LogP contribution in [0.2, 0.25) is 0 Å². The second kappa shape index (κ2) is 5.83. The average molecular weight is 347 g/mol. The molecule has 7 nitrogen and oxygen atoms in total. The van der Waals surface area contributed by atoms with Crippen LogP contribution >= 0.6 is 0 Å². The Kier molecular flexibility index (Phi) is 3.86. The maximum absolute atomic E-state index is 13.2. The quantitative estimate of drug-likeness (QED) is 0.721. The molecule has 4 aliphatic heterocycles. The van der Waals surface area contributed by atoms with Gasteiger partial charge in [-0.05, 0) is 12.8 Å². The minimum Gasteiger partial charge on any atom is -0.360 e. The predicted molar refractivity (Wildman–Crippen MR) is 89.4 cm³/mol. The minimum atomic E-state index is -0.664. The molecule has 1 spiro atoms. The van der Waals surface area contributed by atoms with Crippen LogP contribution in [0.5, 0.6) is 0 Å². The summed E-state index contributed by atoms with van der Waals surface area (Å²) in [5.41, 5.74) is -0.664. The fraction of sp³-hybridized carbons (Fsp3) is 0.722. The lowest BCUT2D eigenvalue weighted by molar-refractivity contribution is -0.146. The minimum absolute atomic E-state index is 0.0281. The molecular formula is C18H25N3O4. The Morgan fingerprint density at radius 2 is 2.16 bits per heavy atom. The summed E-state index contributed by atoms with van der Waals surface area (Å²) >= 11 is 0. The molecule has 0 aromatic carbocycles. The smallest absolute Gasteiger partial charge is 0.239 e. The van der Waals surface area contributed by atoms with Gasteiger partial charge in [0.15, 0.2) is 0 Å². The molecule has 4 heterocycles. The van der Waals surface area contributed by atoms with Gasteiger partial charge in [-0.15, -0.1) is 0 Å². The Balaban J connectivity index is 1.61. The Hall–Kier alpha value is -1.89. The molecule has 0 saturated carbocycles. The van der Waals surface area contributed by atoms with E-state index < -0.39 is 17.4 Å². The van der Waals surface area contributed by atoms with Crippen LogP contribution in [0.3, 0.4) is 0 Å². The predicted octanol–water partition coefficient (Wildman–Crippen LogP) is -0.0846. The fourth-order valence-corrected chi connectivity index (χ4v) is 4.89. The molecule has 3 fully saturated rings. The van der Waals surface area contributed by atoms with Crippen LogP contribution in [0, 0.1) is 11.8 Å². The Morgan fingerprint density at radius 1 is 1.40 bits per heavy atom. The number of amides is 3. The summed E-state index contributed by atoms with van der Waals surface area (Å²) in [7, 11) is 0. The van der Waals surface area contributed by atoms with Gasteiger partial charge < -0.3 is 19.9 Å². The number of nitrogens with zero attached hydrogens (tertiary/aromatic N) is 2. The molecule has 0 radical (unpaired) electrons. The second-order valence-electron chi connectivity index (χ2n) is 7.45. The third-order valence-corrected chi connectivity index (χ3v) is 6.15. The van der Waals surface area contributed by atoms with Crippen molar-refractivity contribution in [1.29, 1.82) is 0 Å². The maximum Gasteiger partial charge on any atom is 0.239 e. The van der Waals surface area contributed by atoms with Crippen LogP contribution in [0.4, 0.5) is 0 Å². The highest BCUT2D eigenvalue weighted by Crippen LogP contribution is 2.52. The number of fused-ring (bicyclic) bond motifs is 1. The highest BCUT2D eigenvalue weighted by atomic mass is 16.5. The SMILES string of the molecule is CCC(CC)N1C[C@@]23C=C[C@@H](O2)C(C(=O)N2CCNC(=O)C2)C3C1=O. The van der Waals surface area contributed by atoms with Crippen LogP contribution < -0.4 is 5.32 Å². The molecule has 2 bridgehead atoms. The zero-order valence-corrected chi connectivity index (χ0v) is 14.7. The summed E-state index contributed by atoms with van der Waals surface area (Å²) in [4.78, 5) is 41.4. The number of rotatable bonds is 4. The summed E-state index contributed by atoms with van der Waals surface area (Å²) in [6.07, 6.45) is 5.34. The van der Waals surface area contributed by atoms with Crippen LogP contribution in [0.25, 0.3) is 0 Å². The van der Waals surface area contributed by atoms with Gasteiger partial charge in [-0.25, -0.2) is 0 Å². The van der Waals surface area contributed by atoms with E-state index in [0.29, 0.717) is 19.6 Å². The fourth-order valence-electron chi connectivity index (χ4n) is 4.89. The third kappa shape index (κ3) is 2.32. The second-order valence-corrected chi connectivity index (χ2v) is 7.45. The van der Waals surface area contributed by atoms with Gasteiger partial charge in [0, 0.05) is 19.1 Å². The monoisotopic (exact) mass is 347 g/mol. The van der Waals surface area contributed by atoms with E-state index in [9.17, 15) is 14.4 Å². The molecule has 4 aliphatic rings. The number of hydrogen-bond acceptors (Lipinski definition) is 4. The molecule has 7 heteroatoms. The summed E-state index contributed by atoms with van der Waals surface area (Å²) in [6.45, 7) is 5.70. The van der Waals surface area contributed by atoms with Gasteiger partial charge >= 0.3 is 0 Å². The van der Waals surface area contributed by atoms with Gasteiger partial charge in [0.25, 0.3) is 0 Å². The van der Waals surface area contributed by atoms with E-state index in [1.807, 2.05) is 17.1 Å². The van der Waals surface area contributed by atoms with Gasteiger partial charge in [-0.1, -0.05) is 26.0 Å². The van der Waals surface area contributed by atoms with Gasteiger partial charge in [0.1, 0.15) is 5.60 Å². The van der Waals surface area contributed by atoms with Crippen molar-refractivity contribution in [2.75, 3.05) is 26.2 Å². The van der Waals surface area contributed by atoms with Crippen molar-refractivity contribution in [3.63, 3.8) is 0 Å². The van der Waals surface area contributed by atoms with E-state index >= 15 is 0 Å². The largest absolute Gasteiger partial charge is 0.360 e. The number of carbonyl (C=O) groups excluding carboxylic acids is 3. The first kappa shape index (κ1) is 16.6. The lowest BCUT2D eigenvalue weighted by atomic mass is 9.76. The molecule has 3 saturated heterocycles. The van der Waals surface area contributed by atoms with Crippen LogP contribution in [-0.2, 0) is 19.1 Å². The van der Waals surface area contributed by atoms with Crippen molar-refractivity contribution in [3.05, 3.63) is 12.2 Å². The highest BCUT2D eigenvalue weighted by molar-refractivity contribution is 5.94. The van der Waals surface area contributed by atoms with Crippen molar-refractivity contribution in [1.82, 2.24) is 15.1 Å². The van der Waals surface area contributed by atoms with Crippen molar-refractivity contribution in [2.45, 2.75) is 44.4 Å². The molecule has 0 aromatic rings. The van der Waals surface area contributed by atoms with Crippen LogP contribution in [-0.4, -0.2) is 71.4 Å². The summed E-state index contributed by atoms with van der Waals surface area (Å²) in [6, 6.07) is 0.181. The molecule has 4 rings (SSSR count). The van der Waals surface area contributed by atoms with E-state index in [1.165, 1.54) is 0 Å². The van der Waals surface area contributed by atoms with Crippen LogP contribution in [0.15, 0.2) is 12.2 Å². The zero-order chi connectivity index (χ0) is 17.8. The van der Waals surface area contributed by atoms with Gasteiger partial charge in [0.2, 0.25) is 17.7 Å². The molecular weight excluding hydrogens is 322 g/mol. The number of hydrogen-bond donors (Lipinski definition) is 1. The Bertz CT molecular complexity index is 644. The normalized spacial score (nSPS) is 36.4. The van der Waals surface area contributed by atoms with Gasteiger partial charge in [-0.2, -0.15) is 0 Å². The van der Waals surface area contributed by atoms with Crippen molar-refractivity contribution in [3.8, 4) is 0 Å². The van der Waals surface area contributed by atoms with Crippen molar-refractivity contribution in [2.24, 2.45) is 11.8 Å². The Morgan fingerprint density at radius 3 is 2.84 bits per heavy atom. The molecule has 3 amide bonds. The molecule has 2 unspecified atom stereocenters. The number of piperazine rings is 1. The van der Waals surface area contributed by atoms with Crippen molar-refractivity contribution >= 4 is 17.7 Å². The number of likely N-dealkylation sites (tertiary alicyclic amines) is 1. The lowest BCUT2D eigenvalue weighted by Gasteiger charge is -2.32. The standard InChI is InChI=1S/C18H25N3O4/c1-3-11(4-2)21-10-18-6-5-12(25-18)14(15(18)17(21)24)16(23)20-8-7-19-13(22)9-20/h5-6,11-12,14-15H,3-4,7-10H2,1-2H3,(H,19,22)/t12-,14?,15?,18-/m1/s1. The first-order valence-electron chi connectivity index (χ1n) is 9.24. The molecule has 25 heavy (non-hydrogen) atoms. The van der Waals surface area contributed by atoms with E-state index in [0.717, 1.165) is 12.8 Å². The first-order valence-corrected chi connectivity index (χ1v) is 9.24. The number of carbonyl (C=O) groups is 3. The topological polar surface area (TPSA) is 79.0 Å². The average Bonchev–Trinajstić information content (AvgIpc) is 3.24. The number of ether oxygens (including phenoxy) is 1. The maximum atomic E-state index is 13.2. The molecule has 1 N–H and O–H groups in total. The lowest BCUT2D eigenvalue weighted by Crippen LogP contribution is -2.54. The first-order chi connectivity index (χ1) is 12.0. The zero-order valence-electron chi connectivity index (χ0n) is 14.7. The third-order valence-electron chi connectivity index (χ3n) is 6.15. The number of nitrogens with one attached hydrogen (secondary N) is 1. The van der Waals surface area contributed by atoms with E-state index in [4.69, 9.17) is 4.74 Å². The summed E-state index contributed by atoms with van der Waals surface area (Å²) < 4.78 is 6.15. The molecule has 0 aliphatic carbocycles. The van der Waals surface area contributed by atoms with Crippen LogP contribution in [0.1, 0.15) is 26.7 Å². The molecule has 0 aromatic heterocycles. The van der Waals surface area contributed by atoms with E-state index in [2.05, 4.69) is 19.2 Å². The summed E-state index contributed by atoms with van der Waals surface area (Å²) in [5.74, 6) is -1.22. The highest BCUT2D eigenvalue weighted by Gasteiger charge is 2.67. The van der Waals surface area contributed by atoms with Gasteiger partial charge in [-0.3, -0.25) is 14.4 Å². The Labute approximate surface area is 147 Å². The molecule has 136 valence electrons. The van der Waals surface area contributed by atoms with Gasteiger partial charge in [0.05, 0.1) is 31.0 Å². The van der Waals surface area contributed by atoms with E-state index in [1.54, 1.807) is 4.90 Å². The van der Waals surface area contributed by atoms with E-state index in [-0.39, 0.29) is 36.4 Å².